The molecule has 1 saturated carbocycles. The van der Waals surface area contributed by atoms with E-state index >= 15 is 0 Å². The van der Waals surface area contributed by atoms with Crippen LogP contribution in [-0.2, 0) is 9.53 Å². The van der Waals surface area contributed by atoms with Crippen molar-refractivity contribution in [2.75, 3.05) is 0 Å². The molecule has 2 heteroatoms. The van der Waals surface area contributed by atoms with E-state index in [4.69, 9.17) is 4.74 Å². The Labute approximate surface area is 87.0 Å². The number of rotatable bonds is 1. The van der Waals surface area contributed by atoms with E-state index in [-0.39, 0.29) is 17.5 Å². The molecule has 1 rings (SSSR count). The van der Waals surface area contributed by atoms with Crippen molar-refractivity contribution >= 4 is 5.97 Å². The van der Waals surface area contributed by atoms with Gasteiger partial charge in [-0.1, -0.05) is 27.2 Å². The van der Waals surface area contributed by atoms with Gasteiger partial charge in [-0.05, 0) is 24.7 Å². The molecule has 1 aliphatic rings. The zero-order valence-electron chi connectivity index (χ0n) is 9.80. The molecule has 0 aromatic rings. The third-order valence-corrected chi connectivity index (χ3v) is 3.13. The van der Waals surface area contributed by atoms with Crippen molar-refractivity contribution in [1.29, 1.82) is 0 Å². The van der Waals surface area contributed by atoms with Crippen LogP contribution in [0, 0.1) is 11.3 Å². The van der Waals surface area contributed by atoms with Crippen molar-refractivity contribution < 1.29 is 9.53 Å². The molecule has 0 spiro atoms. The van der Waals surface area contributed by atoms with Crippen LogP contribution >= 0.6 is 0 Å². The summed E-state index contributed by atoms with van der Waals surface area (Å²) in [7, 11) is 0. The first-order chi connectivity index (χ1) is 6.41. The molecule has 0 saturated heterocycles. The van der Waals surface area contributed by atoms with Gasteiger partial charge in [0.1, 0.15) is 6.10 Å². The Morgan fingerprint density at radius 1 is 1.21 bits per heavy atom. The summed E-state index contributed by atoms with van der Waals surface area (Å²) in [6, 6.07) is 0. The molecule has 0 unspecified atom stereocenters. The molecule has 0 amide bonds. The van der Waals surface area contributed by atoms with Gasteiger partial charge >= 0.3 is 5.97 Å². The number of hydrogen-bond acceptors (Lipinski definition) is 2. The van der Waals surface area contributed by atoms with E-state index in [1.54, 1.807) is 0 Å². The van der Waals surface area contributed by atoms with Gasteiger partial charge in [0, 0.05) is 12.8 Å². The zero-order valence-corrected chi connectivity index (χ0v) is 9.80. The highest BCUT2D eigenvalue weighted by Gasteiger charge is 2.35. The highest BCUT2D eigenvalue weighted by atomic mass is 16.5. The normalized spacial score (nSPS) is 28.6. The number of hydrogen-bond donors (Lipinski definition) is 0. The van der Waals surface area contributed by atoms with Crippen molar-refractivity contribution in [2.45, 2.75) is 59.5 Å². The summed E-state index contributed by atoms with van der Waals surface area (Å²) in [5.41, 5.74) is 0.251. The minimum absolute atomic E-state index is 0.133. The van der Waals surface area contributed by atoms with Crippen molar-refractivity contribution in [2.24, 2.45) is 11.3 Å². The van der Waals surface area contributed by atoms with Crippen LogP contribution in [0.25, 0.3) is 0 Å². The fourth-order valence-corrected chi connectivity index (χ4v) is 2.44. The second-order valence-corrected chi connectivity index (χ2v) is 5.40. The maximum Gasteiger partial charge on any atom is 0.302 e. The Bertz CT molecular complexity index is 203. The fourth-order valence-electron chi connectivity index (χ4n) is 2.44. The van der Waals surface area contributed by atoms with Gasteiger partial charge in [-0.15, -0.1) is 0 Å². The van der Waals surface area contributed by atoms with Gasteiger partial charge in [-0.2, -0.15) is 0 Å². The van der Waals surface area contributed by atoms with Gasteiger partial charge in [0.05, 0.1) is 0 Å². The molecule has 14 heavy (non-hydrogen) atoms. The second kappa shape index (κ2) is 4.33. The van der Waals surface area contributed by atoms with Gasteiger partial charge in [0.25, 0.3) is 0 Å². The molecule has 0 heterocycles. The summed E-state index contributed by atoms with van der Waals surface area (Å²) in [5, 5.41) is 0. The van der Waals surface area contributed by atoms with Crippen LogP contribution in [0.5, 0.6) is 0 Å². The first-order valence-electron chi connectivity index (χ1n) is 5.58. The average molecular weight is 198 g/mol. The van der Waals surface area contributed by atoms with Crippen LogP contribution in [-0.4, -0.2) is 12.1 Å². The molecule has 0 N–H and O–H groups in total. The SMILES string of the molecule is CC(=O)O[C@H]1CCCC[C@H]1C(C)(C)C. The predicted molar refractivity (Wildman–Crippen MR) is 57.0 cm³/mol. The van der Waals surface area contributed by atoms with E-state index in [0.717, 1.165) is 6.42 Å². The molecule has 0 aromatic carbocycles. The molecule has 0 radical (unpaired) electrons. The smallest absolute Gasteiger partial charge is 0.302 e. The largest absolute Gasteiger partial charge is 0.462 e. The van der Waals surface area contributed by atoms with Gasteiger partial charge in [0.2, 0.25) is 0 Å². The molecular weight excluding hydrogens is 176 g/mol. The van der Waals surface area contributed by atoms with Crippen LogP contribution in [0.2, 0.25) is 0 Å². The van der Waals surface area contributed by atoms with Gasteiger partial charge in [0.15, 0.2) is 0 Å². The number of esters is 1. The summed E-state index contributed by atoms with van der Waals surface area (Å²) in [4.78, 5) is 11.0. The summed E-state index contributed by atoms with van der Waals surface area (Å²) in [6.45, 7) is 8.22. The van der Waals surface area contributed by atoms with Crippen molar-refractivity contribution in [3.63, 3.8) is 0 Å². The summed E-state index contributed by atoms with van der Waals surface area (Å²) >= 11 is 0. The van der Waals surface area contributed by atoms with Crippen molar-refractivity contribution in [1.82, 2.24) is 0 Å². The third-order valence-electron chi connectivity index (χ3n) is 3.13. The molecular formula is C12H22O2. The molecule has 2 atom stereocenters. The van der Waals surface area contributed by atoms with Crippen molar-refractivity contribution in [3.8, 4) is 0 Å². The molecule has 0 aromatic heterocycles. The number of ether oxygens (including phenoxy) is 1. The molecule has 82 valence electrons. The van der Waals surface area contributed by atoms with Crippen LogP contribution in [0.3, 0.4) is 0 Å². The van der Waals surface area contributed by atoms with E-state index in [1.807, 2.05) is 0 Å². The Morgan fingerprint density at radius 2 is 1.79 bits per heavy atom. The quantitative estimate of drug-likeness (QED) is 0.605. The number of carbonyl (C=O) groups excluding carboxylic acids is 1. The molecule has 1 aliphatic carbocycles. The summed E-state index contributed by atoms with van der Waals surface area (Å²) < 4.78 is 5.39. The Kier molecular flexibility index (Phi) is 3.57. The summed E-state index contributed by atoms with van der Waals surface area (Å²) in [6.07, 6.45) is 4.87. The molecule has 1 fully saturated rings. The van der Waals surface area contributed by atoms with Gasteiger partial charge in [-0.3, -0.25) is 4.79 Å². The van der Waals surface area contributed by atoms with E-state index in [9.17, 15) is 4.79 Å². The fraction of sp³-hybridized carbons (Fsp3) is 0.917. The highest BCUT2D eigenvalue weighted by molar-refractivity contribution is 5.66. The van der Waals surface area contributed by atoms with Gasteiger partial charge in [-0.25, -0.2) is 0 Å². The Hall–Kier alpha value is -0.530. The Balaban J connectivity index is 2.64. The van der Waals surface area contributed by atoms with Crippen LogP contribution < -0.4 is 0 Å². The van der Waals surface area contributed by atoms with E-state index in [2.05, 4.69) is 20.8 Å². The maximum atomic E-state index is 11.0. The molecule has 2 nitrogen and oxygen atoms in total. The lowest BCUT2D eigenvalue weighted by molar-refractivity contribution is -0.153. The standard InChI is InChI=1S/C12H22O2/c1-9(13)14-11-8-6-5-7-10(11)12(2,3)4/h10-11H,5-8H2,1-4H3/t10-,11+/m1/s1. The molecule has 0 aliphatic heterocycles. The van der Waals surface area contributed by atoms with Crippen molar-refractivity contribution in [3.05, 3.63) is 0 Å². The van der Waals surface area contributed by atoms with Crippen LogP contribution in [0.15, 0.2) is 0 Å². The monoisotopic (exact) mass is 198 g/mol. The average Bonchev–Trinajstić information content (AvgIpc) is 2.01. The lowest BCUT2D eigenvalue weighted by Gasteiger charge is -2.39. The highest BCUT2D eigenvalue weighted by Crippen LogP contribution is 2.39. The maximum absolute atomic E-state index is 11.0. The lowest BCUT2D eigenvalue weighted by Crippen LogP contribution is -2.37. The third kappa shape index (κ3) is 3.00. The number of carbonyl (C=O) groups is 1. The Morgan fingerprint density at radius 3 is 2.29 bits per heavy atom. The van der Waals surface area contributed by atoms with E-state index in [1.165, 1.54) is 26.2 Å². The minimum atomic E-state index is -0.133. The zero-order chi connectivity index (χ0) is 10.8. The van der Waals surface area contributed by atoms with Crippen LogP contribution in [0.1, 0.15) is 53.4 Å². The van der Waals surface area contributed by atoms with E-state index in [0.29, 0.717) is 5.92 Å². The van der Waals surface area contributed by atoms with E-state index < -0.39 is 0 Å². The van der Waals surface area contributed by atoms with Gasteiger partial charge < -0.3 is 4.74 Å². The van der Waals surface area contributed by atoms with Crippen LogP contribution in [0.4, 0.5) is 0 Å². The molecule has 0 bridgehead atoms. The predicted octanol–water partition coefficient (Wildman–Crippen LogP) is 3.15. The second-order valence-electron chi connectivity index (χ2n) is 5.40. The first-order valence-corrected chi connectivity index (χ1v) is 5.58. The summed E-state index contributed by atoms with van der Waals surface area (Å²) in [5.74, 6) is 0.395. The first kappa shape index (κ1) is 11.5. The minimum Gasteiger partial charge on any atom is -0.462 e. The topological polar surface area (TPSA) is 26.3 Å². The lowest BCUT2D eigenvalue weighted by atomic mass is 9.71.